The highest BCUT2D eigenvalue weighted by molar-refractivity contribution is 7.99. The molecule has 1 saturated carbocycles. The second kappa shape index (κ2) is 5.48. The van der Waals surface area contributed by atoms with Gasteiger partial charge in [0.15, 0.2) is 0 Å². The monoisotopic (exact) mass is 275 g/mol. The zero-order valence-corrected chi connectivity index (χ0v) is 12.0. The van der Waals surface area contributed by atoms with Crippen LogP contribution in [0.2, 0.25) is 0 Å². The highest BCUT2D eigenvalue weighted by Gasteiger charge is 2.65. The van der Waals surface area contributed by atoms with Gasteiger partial charge >= 0.3 is 5.97 Å². The topological polar surface area (TPSA) is 86.6 Å². The molecular weight excluding hydrogens is 254 g/mol. The Hall–Kier alpha value is -0.750. The van der Waals surface area contributed by atoms with Gasteiger partial charge in [0.05, 0.1) is 18.4 Å². The van der Waals surface area contributed by atoms with Crippen LogP contribution >= 0.6 is 11.8 Å². The van der Waals surface area contributed by atoms with Gasteiger partial charge < -0.3 is 15.5 Å². The van der Waals surface area contributed by atoms with Gasteiger partial charge in [-0.05, 0) is 18.6 Å². The first-order chi connectivity index (χ1) is 8.27. The zero-order chi connectivity index (χ0) is 14.1. The van der Waals surface area contributed by atoms with E-state index >= 15 is 0 Å². The van der Waals surface area contributed by atoms with Crippen molar-refractivity contribution in [2.75, 3.05) is 12.9 Å². The Morgan fingerprint density at radius 2 is 1.94 bits per heavy atom. The average Bonchev–Trinajstić information content (AvgIpc) is 2.83. The molecule has 1 rings (SSSR count). The SMILES string of the molecule is CSC(CO)C(C)NC(=O)[C@H]1[C@@H](C(=O)O)C1(C)C. The van der Waals surface area contributed by atoms with E-state index < -0.39 is 23.2 Å². The second-order valence-corrected chi connectivity index (χ2v) is 6.45. The number of aliphatic hydroxyl groups is 1. The van der Waals surface area contributed by atoms with Crippen molar-refractivity contribution >= 4 is 23.6 Å². The second-order valence-electron chi connectivity index (χ2n) is 5.37. The number of nitrogens with one attached hydrogen (secondary N) is 1. The first kappa shape index (κ1) is 15.3. The van der Waals surface area contributed by atoms with Crippen molar-refractivity contribution in [3.63, 3.8) is 0 Å². The summed E-state index contributed by atoms with van der Waals surface area (Å²) in [5, 5.41) is 20.9. The molecule has 6 heteroatoms. The van der Waals surface area contributed by atoms with Crippen LogP contribution < -0.4 is 5.32 Å². The normalized spacial score (nSPS) is 28.3. The molecule has 0 bridgehead atoms. The van der Waals surface area contributed by atoms with E-state index in [0.29, 0.717) is 0 Å². The van der Waals surface area contributed by atoms with Gasteiger partial charge in [-0.3, -0.25) is 9.59 Å². The number of carbonyl (C=O) groups excluding carboxylic acids is 1. The number of rotatable bonds is 6. The summed E-state index contributed by atoms with van der Waals surface area (Å²) in [5.41, 5.74) is -0.482. The maximum Gasteiger partial charge on any atom is 0.307 e. The minimum absolute atomic E-state index is 0.0148. The van der Waals surface area contributed by atoms with Crippen LogP contribution in [0.1, 0.15) is 20.8 Å². The van der Waals surface area contributed by atoms with E-state index in [0.717, 1.165) is 0 Å². The van der Waals surface area contributed by atoms with Gasteiger partial charge in [-0.1, -0.05) is 13.8 Å². The van der Waals surface area contributed by atoms with Gasteiger partial charge in [0, 0.05) is 11.3 Å². The van der Waals surface area contributed by atoms with Gasteiger partial charge in [-0.2, -0.15) is 11.8 Å². The summed E-state index contributed by atoms with van der Waals surface area (Å²) in [4.78, 5) is 23.0. The molecule has 0 aliphatic heterocycles. The van der Waals surface area contributed by atoms with E-state index in [1.54, 1.807) is 13.8 Å². The van der Waals surface area contributed by atoms with Crippen molar-refractivity contribution in [3.8, 4) is 0 Å². The number of thioether (sulfide) groups is 1. The lowest BCUT2D eigenvalue weighted by Gasteiger charge is -2.21. The predicted molar refractivity (Wildman–Crippen MR) is 70.4 cm³/mol. The Kier molecular flexibility index (Phi) is 4.66. The fourth-order valence-electron chi connectivity index (χ4n) is 2.43. The van der Waals surface area contributed by atoms with Crippen LogP contribution in [-0.4, -0.2) is 46.2 Å². The molecule has 104 valence electrons. The lowest BCUT2D eigenvalue weighted by Crippen LogP contribution is -2.42. The number of amides is 1. The van der Waals surface area contributed by atoms with E-state index in [1.165, 1.54) is 11.8 Å². The van der Waals surface area contributed by atoms with E-state index in [9.17, 15) is 9.59 Å². The number of carboxylic acid groups (broad SMARTS) is 1. The lowest BCUT2D eigenvalue weighted by atomic mass is 10.1. The molecule has 3 N–H and O–H groups in total. The largest absolute Gasteiger partial charge is 0.481 e. The molecule has 0 spiro atoms. The van der Waals surface area contributed by atoms with E-state index in [2.05, 4.69) is 5.32 Å². The number of carboxylic acids is 1. The minimum Gasteiger partial charge on any atom is -0.481 e. The smallest absolute Gasteiger partial charge is 0.307 e. The van der Waals surface area contributed by atoms with Crippen molar-refractivity contribution in [2.24, 2.45) is 17.3 Å². The Morgan fingerprint density at radius 1 is 1.39 bits per heavy atom. The number of hydrogen-bond donors (Lipinski definition) is 3. The van der Waals surface area contributed by atoms with Gasteiger partial charge in [-0.15, -0.1) is 0 Å². The van der Waals surface area contributed by atoms with Crippen LogP contribution in [-0.2, 0) is 9.59 Å². The van der Waals surface area contributed by atoms with Crippen molar-refractivity contribution < 1.29 is 19.8 Å². The Balaban J connectivity index is 2.60. The van der Waals surface area contributed by atoms with Crippen LogP contribution in [0.5, 0.6) is 0 Å². The van der Waals surface area contributed by atoms with Gasteiger partial charge in [0.1, 0.15) is 0 Å². The van der Waals surface area contributed by atoms with Crippen molar-refractivity contribution in [2.45, 2.75) is 32.1 Å². The maximum atomic E-state index is 12.0. The predicted octanol–water partition coefficient (Wildman–Crippen LogP) is 0.572. The Morgan fingerprint density at radius 3 is 2.28 bits per heavy atom. The van der Waals surface area contributed by atoms with E-state index in [1.807, 2.05) is 13.2 Å². The summed E-state index contributed by atoms with van der Waals surface area (Å²) in [5.74, 6) is -2.23. The molecule has 1 aliphatic rings. The first-order valence-corrected chi connectivity index (χ1v) is 7.23. The molecule has 2 unspecified atom stereocenters. The van der Waals surface area contributed by atoms with Crippen LogP contribution in [0.25, 0.3) is 0 Å². The molecule has 1 fully saturated rings. The molecule has 0 saturated heterocycles. The molecule has 0 aromatic rings. The molecular formula is C12H21NO4S. The van der Waals surface area contributed by atoms with Gasteiger partial charge in [-0.25, -0.2) is 0 Å². The van der Waals surface area contributed by atoms with E-state index in [-0.39, 0.29) is 23.8 Å². The quantitative estimate of drug-likeness (QED) is 0.660. The van der Waals surface area contributed by atoms with Crippen LogP contribution in [0.3, 0.4) is 0 Å². The minimum atomic E-state index is -0.920. The summed E-state index contributed by atoms with van der Waals surface area (Å²) < 4.78 is 0. The molecule has 0 radical (unpaired) electrons. The molecule has 5 nitrogen and oxygen atoms in total. The van der Waals surface area contributed by atoms with Gasteiger partial charge in [0.25, 0.3) is 0 Å². The molecule has 1 aliphatic carbocycles. The first-order valence-electron chi connectivity index (χ1n) is 5.94. The Bertz CT molecular complexity index is 341. The number of aliphatic carboxylic acids is 1. The third kappa shape index (κ3) is 2.80. The summed E-state index contributed by atoms with van der Waals surface area (Å²) in [6.45, 7) is 5.39. The summed E-state index contributed by atoms with van der Waals surface area (Å²) in [6, 6.07) is -0.177. The molecule has 0 aromatic carbocycles. The van der Waals surface area contributed by atoms with Gasteiger partial charge in [0.2, 0.25) is 5.91 Å². The van der Waals surface area contributed by atoms with Crippen molar-refractivity contribution in [1.29, 1.82) is 0 Å². The van der Waals surface area contributed by atoms with Crippen molar-refractivity contribution in [3.05, 3.63) is 0 Å². The van der Waals surface area contributed by atoms with Crippen molar-refractivity contribution in [1.82, 2.24) is 5.32 Å². The molecule has 4 atom stereocenters. The highest BCUT2D eigenvalue weighted by Crippen LogP contribution is 2.58. The standard InChI is InChI=1S/C12H21NO4S/c1-6(7(5-14)18-4)13-10(15)8-9(11(16)17)12(8,2)3/h6-9,14H,5H2,1-4H3,(H,13,15)(H,16,17)/t6?,7?,8-,9+/m1/s1. The fraction of sp³-hybridized carbons (Fsp3) is 0.833. The summed E-state index contributed by atoms with van der Waals surface area (Å²) in [6.07, 6.45) is 1.87. The molecule has 0 heterocycles. The number of hydrogen-bond acceptors (Lipinski definition) is 4. The average molecular weight is 275 g/mol. The molecule has 0 aromatic heterocycles. The zero-order valence-electron chi connectivity index (χ0n) is 11.1. The number of aliphatic hydroxyl groups excluding tert-OH is 1. The van der Waals surface area contributed by atoms with Crippen LogP contribution in [0.15, 0.2) is 0 Å². The molecule has 18 heavy (non-hydrogen) atoms. The third-order valence-electron chi connectivity index (χ3n) is 3.79. The summed E-state index contributed by atoms with van der Waals surface area (Å²) in [7, 11) is 0. The van der Waals surface area contributed by atoms with Crippen LogP contribution in [0.4, 0.5) is 0 Å². The summed E-state index contributed by atoms with van der Waals surface area (Å²) >= 11 is 1.48. The van der Waals surface area contributed by atoms with E-state index in [4.69, 9.17) is 10.2 Å². The maximum absolute atomic E-state index is 12.0. The molecule has 1 amide bonds. The Labute approximate surface area is 111 Å². The van der Waals surface area contributed by atoms with Crippen LogP contribution in [0, 0.1) is 17.3 Å². The third-order valence-corrected chi connectivity index (χ3v) is 4.95. The highest BCUT2D eigenvalue weighted by atomic mass is 32.2. The fourth-order valence-corrected chi connectivity index (χ4v) is 3.06. The lowest BCUT2D eigenvalue weighted by molar-refractivity contribution is -0.140. The number of carbonyl (C=O) groups is 2.